The van der Waals surface area contributed by atoms with E-state index in [1.54, 1.807) is 24.5 Å². The summed E-state index contributed by atoms with van der Waals surface area (Å²) in [5.41, 5.74) is -1.50. The molecule has 9 nitrogen and oxygen atoms in total. The number of aliphatic hydroxyl groups excluding tert-OH is 2. The van der Waals surface area contributed by atoms with Gasteiger partial charge in [-0.3, -0.25) is 4.98 Å². The molecule has 1 aliphatic rings. The molecule has 3 atom stereocenters. The fourth-order valence-corrected chi connectivity index (χ4v) is 2.43. The number of nitrogens with zero attached hydrogens (tertiary/aromatic N) is 4. The van der Waals surface area contributed by atoms with Gasteiger partial charge in [-0.15, -0.1) is 5.10 Å². The van der Waals surface area contributed by atoms with E-state index in [4.69, 9.17) is 5.11 Å². The first kappa shape index (κ1) is 15.3. The van der Waals surface area contributed by atoms with E-state index in [0.717, 1.165) is 6.08 Å². The molecule has 1 aliphatic carbocycles. The van der Waals surface area contributed by atoms with Gasteiger partial charge in [0.05, 0.1) is 24.2 Å². The molecule has 0 saturated carbocycles. The standard InChI is InChI=1S/C14H14N4O5/c19-11-5-14(23,13(21)22)4-9(12(11)20)10-7-18(17-16-10)8-2-1-3-15-6-8/h1-4,6-7,11-12,19-20,23H,5H2,(H,21,22)/t11-,12-,14+/m1/s1. The first-order chi connectivity index (χ1) is 10.9. The van der Waals surface area contributed by atoms with Crippen LogP contribution in [0.4, 0.5) is 0 Å². The van der Waals surface area contributed by atoms with E-state index in [9.17, 15) is 20.1 Å². The Kier molecular flexibility index (Phi) is 3.68. The Bertz CT molecular complexity index is 760. The maximum atomic E-state index is 11.2. The second-order valence-electron chi connectivity index (χ2n) is 5.30. The zero-order valence-electron chi connectivity index (χ0n) is 11.8. The van der Waals surface area contributed by atoms with Crippen LogP contribution in [0, 0.1) is 0 Å². The molecule has 2 aromatic rings. The van der Waals surface area contributed by atoms with Crippen molar-refractivity contribution >= 4 is 11.5 Å². The van der Waals surface area contributed by atoms with Crippen LogP contribution in [0.2, 0.25) is 0 Å². The number of aliphatic carboxylic acids is 1. The molecule has 0 aliphatic heterocycles. The molecule has 4 N–H and O–H groups in total. The van der Waals surface area contributed by atoms with Gasteiger partial charge in [0.1, 0.15) is 11.8 Å². The Hall–Kier alpha value is -2.62. The first-order valence-electron chi connectivity index (χ1n) is 6.78. The van der Waals surface area contributed by atoms with Gasteiger partial charge in [-0.2, -0.15) is 0 Å². The molecule has 0 bridgehead atoms. The van der Waals surface area contributed by atoms with Gasteiger partial charge in [0.15, 0.2) is 5.60 Å². The third kappa shape index (κ3) is 2.72. The van der Waals surface area contributed by atoms with Crippen LogP contribution in [0.1, 0.15) is 12.1 Å². The molecule has 0 amide bonds. The minimum Gasteiger partial charge on any atom is -0.479 e. The largest absolute Gasteiger partial charge is 0.479 e. The van der Waals surface area contributed by atoms with Crippen LogP contribution in [0.25, 0.3) is 11.3 Å². The van der Waals surface area contributed by atoms with Crippen molar-refractivity contribution in [3.05, 3.63) is 42.5 Å². The summed E-state index contributed by atoms with van der Waals surface area (Å²) in [6, 6.07) is 3.44. The number of pyridine rings is 1. The maximum absolute atomic E-state index is 11.2. The lowest BCUT2D eigenvalue weighted by Crippen LogP contribution is -2.47. The number of aliphatic hydroxyl groups is 3. The Morgan fingerprint density at radius 3 is 2.83 bits per heavy atom. The van der Waals surface area contributed by atoms with Crippen molar-refractivity contribution in [3.8, 4) is 5.69 Å². The van der Waals surface area contributed by atoms with Gasteiger partial charge < -0.3 is 20.4 Å². The summed E-state index contributed by atoms with van der Waals surface area (Å²) in [7, 11) is 0. The number of carbonyl (C=O) groups is 1. The van der Waals surface area contributed by atoms with Crippen LogP contribution in [-0.4, -0.2) is 64.2 Å². The molecular formula is C14H14N4O5. The molecule has 0 unspecified atom stereocenters. The van der Waals surface area contributed by atoms with Gasteiger partial charge in [0, 0.05) is 18.2 Å². The van der Waals surface area contributed by atoms with Gasteiger partial charge in [0.25, 0.3) is 0 Å². The van der Waals surface area contributed by atoms with Crippen molar-refractivity contribution in [2.75, 3.05) is 0 Å². The van der Waals surface area contributed by atoms with Gasteiger partial charge in [-0.1, -0.05) is 5.21 Å². The van der Waals surface area contributed by atoms with E-state index in [2.05, 4.69) is 15.3 Å². The molecule has 0 spiro atoms. The van der Waals surface area contributed by atoms with E-state index in [-0.39, 0.29) is 11.3 Å². The van der Waals surface area contributed by atoms with Gasteiger partial charge in [0.2, 0.25) is 0 Å². The Morgan fingerprint density at radius 2 is 2.17 bits per heavy atom. The minimum absolute atomic E-state index is 0.00351. The SMILES string of the molecule is O=C(O)[C@]1(O)C=C(c2cn(-c3cccnc3)nn2)[C@@H](O)[C@H](O)C1. The van der Waals surface area contributed by atoms with Crippen LogP contribution in [0.15, 0.2) is 36.8 Å². The van der Waals surface area contributed by atoms with Gasteiger partial charge in [-0.05, 0) is 18.2 Å². The van der Waals surface area contributed by atoms with Crippen LogP contribution >= 0.6 is 0 Å². The molecule has 2 heterocycles. The van der Waals surface area contributed by atoms with E-state index >= 15 is 0 Å². The molecule has 0 fully saturated rings. The predicted octanol–water partition coefficient (Wildman–Crippen LogP) is -1.01. The summed E-state index contributed by atoms with van der Waals surface area (Å²) < 4.78 is 1.39. The number of carboxylic acids is 1. The summed E-state index contributed by atoms with van der Waals surface area (Å²) in [6.45, 7) is 0. The number of hydrogen-bond donors (Lipinski definition) is 4. The molecule has 0 saturated heterocycles. The lowest BCUT2D eigenvalue weighted by atomic mass is 9.82. The van der Waals surface area contributed by atoms with Crippen molar-refractivity contribution < 1.29 is 25.2 Å². The van der Waals surface area contributed by atoms with E-state index in [1.807, 2.05) is 0 Å². The lowest BCUT2D eigenvalue weighted by Gasteiger charge is -2.32. The molecule has 0 radical (unpaired) electrons. The highest BCUT2D eigenvalue weighted by atomic mass is 16.4. The smallest absolute Gasteiger partial charge is 0.339 e. The van der Waals surface area contributed by atoms with Crippen molar-refractivity contribution in [2.45, 2.75) is 24.2 Å². The van der Waals surface area contributed by atoms with Gasteiger partial charge >= 0.3 is 5.97 Å². The van der Waals surface area contributed by atoms with E-state index in [1.165, 1.54) is 10.9 Å². The minimum atomic E-state index is -2.27. The number of carboxylic acid groups (broad SMARTS) is 1. The Morgan fingerprint density at radius 1 is 1.39 bits per heavy atom. The van der Waals surface area contributed by atoms with Crippen molar-refractivity contribution in [1.29, 1.82) is 0 Å². The molecule has 2 aromatic heterocycles. The van der Waals surface area contributed by atoms with Gasteiger partial charge in [-0.25, -0.2) is 9.48 Å². The molecule has 120 valence electrons. The third-order valence-corrected chi connectivity index (χ3v) is 3.67. The topological polar surface area (TPSA) is 142 Å². The average Bonchev–Trinajstić information content (AvgIpc) is 3.01. The number of rotatable bonds is 3. The summed E-state index contributed by atoms with van der Waals surface area (Å²) in [5.74, 6) is -1.51. The molecule has 3 rings (SSSR count). The Labute approximate surface area is 130 Å². The molecule has 9 heteroatoms. The number of hydrogen-bond acceptors (Lipinski definition) is 7. The fourth-order valence-electron chi connectivity index (χ4n) is 2.43. The normalized spacial score (nSPS) is 27.5. The number of aromatic nitrogens is 4. The summed E-state index contributed by atoms with van der Waals surface area (Å²) in [5, 5.41) is 46.8. The van der Waals surface area contributed by atoms with E-state index < -0.39 is 30.2 Å². The highest BCUT2D eigenvalue weighted by Crippen LogP contribution is 2.32. The second-order valence-corrected chi connectivity index (χ2v) is 5.30. The quantitative estimate of drug-likeness (QED) is 0.564. The first-order valence-corrected chi connectivity index (χ1v) is 6.78. The zero-order valence-corrected chi connectivity index (χ0v) is 11.8. The van der Waals surface area contributed by atoms with Crippen molar-refractivity contribution in [2.24, 2.45) is 0 Å². The Balaban J connectivity index is 2.01. The summed E-state index contributed by atoms with van der Waals surface area (Å²) in [4.78, 5) is 15.1. The van der Waals surface area contributed by atoms with Crippen molar-refractivity contribution in [1.82, 2.24) is 20.0 Å². The average molecular weight is 318 g/mol. The summed E-state index contributed by atoms with van der Waals surface area (Å²) >= 11 is 0. The molecular weight excluding hydrogens is 304 g/mol. The van der Waals surface area contributed by atoms with E-state index in [0.29, 0.717) is 5.69 Å². The van der Waals surface area contributed by atoms with Crippen LogP contribution in [0.5, 0.6) is 0 Å². The van der Waals surface area contributed by atoms with Crippen molar-refractivity contribution in [3.63, 3.8) is 0 Å². The fraction of sp³-hybridized carbons (Fsp3) is 0.286. The molecule has 0 aromatic carbocycles. The van der Waals surface area contributed by atoms with Crippen LogP contribution in [-0.2, 0) is 4.79 Å². The summed E-state index contributed by atoms with van der Waals surface area (Å²) in [6.07, 6.45) is 2.28. The zero-order chi connectivity index (χ0) is 16.6. The lowest BCUT2D eigenvalue weighted by molar-refractivity contribution is -0.157. The highest BCUT2D eigenvalue weighted by Gasteiger charge is 2.44. The highest BCUT2D eigenvalue weighted by molar-refractivity contribution is 5.85. The third-order valence-electron chi connectivity index (χ3n) is 3.67. The van der Waals surface area contributed by atoms with Crippen LogP contribution in [0.3, 0.4) is 0 Å². The van der Waals surface area contributed by atoms with Crippen LogP contribution < -0.4 is 0 Å². The second kappa shape index (κ2) is 5.54. The monoisotopic (exact) mass is 318 g/mol. The predicted molar refractivity (Wildman–Crippen MR) is 76.3 cm³/mol. The maximum Gasteiger partial charge on any atom is 0.339 e. The molecule has 23 heavy (non-hydrogen) atoms.